The van der Waals surface area contributed by atoms with E-state index < -0.39 is 0 Å². The van der Waals surface area contributed by atoms with Gasteiger partial charge in [0.15, 0.2) is 0 Å². The van der Waals surface area contributed by atoms with Gasteiger partial charge in [-0.3, -0.25) is 4.79 Å². The van der Waals surface area contributed by atoms with E-state index in [2.05, 4.69) is 73.0 Å². The van der Waals surface area contributed by atoms with Crippen molar-refractivity contribution in [1.29, 1.82) is 0 Å². The van der Waals surface area contributed by atoms with Crippen molar-refractivity contribution in [3.63, 3.8) is 0 Å². The van der Waals surface area contributed by atoms with E-state index in [-0.39, 0.29) is 0 Å². The predicted molar refractivity (Wildman–Crippen MR) is 125 cm³/mol. The molecule has 4 rings (SSSR count). The third kappa shape index (κ3) is 4.71. The lowest BCUT2D eigenvalue weighted by atomic mass is 9.96. The van der Waals surface area contributed by atoms with Crippen LogP contribution < -0.4 is 4.90 Å². The Morgan fingerprint density at radius 1 is 1.13 bits per heavy atom. The number of hydrogen-bond donors (Lipinski definition) is 0. The summed E-state index contributed by atoms with van der Waals surface area (Å²) in [5.74, 6) is 1.19. The van der Waals surface area contributed by atoms with Crippen LogP contribution in [0.3, 0.4) is 0 Å². The highest BCUT2D eigenvalue weighted by Crippen LogP contribution is 2.33. The van der Waals surface area contributed by atoms with Crippen molar-refractivity contribution in [3.8, 4) is 0 Å². The number of nitrogens with zero attached hydrogens (tertiary/aromatic N) is 2. The third-order valence-corrected chi connectivity index (χ3v) is 6.77. The first-order valence-electron chi connectivity index (χ1n) is 11.8. The monoisotopic (exact) mass is 404 g/mol. The quantitative estimate of drug-likeness (QED) is 0.535. The minimum absolute atomic E-state index is 0.325. The van der Waals surface area contributed by atoms with E-state index in [0.717, 1.165) is 58.3 Å². The molecule has 30 heavy (non-hydrogen) atoms. The summed E-state index contributed by atoms with van der Waals surface area (Å²) in [5.41, 5.74) is 7.06. The van der Waals surface area contributed by atoms with Gasteiger partial charge in [0, 0.05) is 37.8 Å². The molecule has 1 atom stereocenters. The van der Waals surface area contributed by atoms with Crippen molar-refractivity contribution < 1.29 is 4.79 Å². The standard InChI is InChI=1S/C27H36N2O/c1-4-16-28(27(30)25-12-13-25)17-14-20(2)23-10-8-22(9-11-23)19-29-18-15-24-7-5-6-21(3)26(24)29/h5-11,20,25H,4,12-19H2,1-3H3. The number of hydrogen-bond acceptors (Lipinski definition) is 2. The summed E-state index contributed by atoms with van der Waals surface area (Å²) in [6, 6.07) is 15.8. The third-order valence-electron chi connectivity index (χ3n) is 6.77. The molecule has 0 radical (unpaired) electrons. The van der Waals surface area contributed by atoms with E-state index >= 15 is 0 Å². The summed E-state index contributed by atoms with van der Waals surface area (Å²) >= 11 is 0. The molecule has 1 heterocycles. The van der Waals surface area contributed by atoms with Gasteiger partial charge in [0.25, 0.3) is 0 Å². The van der Waals surface area contributed by atoms with Crippen LogP contribution in [0.25, 0.3) is 0 Å². The lowest BCUT2D eigenvalue weighted by Gasteiger charge is -2.24. The van der Waals surface area contributed by atoms with Crippen LogP contribution in [0.5, 0.6) is 0 Å². The molecule has 2 aromatic carbocycles. The molecule has 0 saturated heterocycles. The van der Waals surface area contributed by atoms with Crippen LogP contribution in [-0.2, 0) is 17.8 Å². The molecular formula is C27H36N2O. The number of benzene rings is 2. The van der Waals surface area contributed by atoms with Gasteiger partial charge in [0.2, 0.25) is 5.91 Å². The Bertz CT molecular complexity index is 869. The van der Waals surface area contributed by atoms with E-state index in [1.54, 1.807) is 0 Å². The van der Waals surface area contributed by atoms with E-state index in [0.29, 0.717) is 17.7 Å². The SMILES string of the molecule is CCCN(CCC(C)c1ccc(CN2CCc3cccc(C)c32)cc1)C(=O)C1CC1. The van der Waals surface area contributed by atoms with Crippen LogP contribution in [0.15, 0.2) is 42.5 Å². The summed E-state index contributed by atoms with van der Waals surface area (Å²) in [5, 5.41) is 0. The summed E-state index contributed by atoms with van der Waals surface area (Å²) in [7, 11) is 0. The maximum atomic E-state index is 12.5. The molecule has 1 unspecified atom stereocenters. The molecule has 1 aliphatic heterocycles. The molecule has 1 amide bonds. The van der Waals surface area contributed by atoms with Crippen LogP contribution in [0.4, 0.5) is 5.69 Å². The van der Waals surface area contributed by atoms with Gasteiger partial charge in [-0.05, 0) is 67.2 Å². The number of carbonyl (C=O) groups excluding carboxylic acids is 1. The largest absolute Gasteiger partial charge is 0.366 e. The van der Waals surface area contributed by atoms with Gasteiger partial charge in [-0.25, -0.2) is 0 Å². The highest BCUT2D eigenvalue weighted by atomic mass is 16.2. The van der Waals surface area contributed by atoms with Crippen LogP contribution in [0, 0.1) is 12.8 Å². The van der Waals surface area contributed by atoms with Gasteiger partial charge < -0.3 is 9.80 Å². The van der Waals surface area contributed by atoms with Crippen molar-refractivity contribution in [2.24, 2.45) is 5.92 Å². The average molecular weight is 405 g/mol. The zero-order chi connectivity index (χ0) is 21.1. The number of anilines is 1. The first-order chi connectivity index (χ1) is 14.6. The van der Waals surface area contributed by atoms with Gasteiger partial charge >= 0.3 is 0 Å². The fraction of sp³-hybridized carbons (Fsp3) is 0.519. The maximum Gasteiger partial charge on any atom is 0.225 e. The van der Waals surface area contributed by atoms with Gasteiger partial charge in [-0.15, -0.1) is 0 Å². The number of rotatable bonds is 9. The maximum absolute atomic E-state index is 12.5. The molecule has 3 heteroatoms. The Kier molecular flexibility index (Phi) is 6.46. The zero-order valence-electron chi connectivity index (χ0n) is 18.9. The first-order valence-corrected chi connectivity index (χ1v) is 11.8. The smallest absolute Gasteiger partial charge is 0.225 e. The molecule has 2 aromatic rings. The molecule has 0 bridgehead atoms. The number of carbonyl (C=O) groups is 1. The van der Waals surface area contributed by atoms with Crippen LogP contribution >= 0.6 is 0 Å². The molecule has 0 aromatic heterocycles. The Hall–Kier alpha value is -2.29. The fourth-order valence-electron chi connectivity index (χ4n) is 4.78. The van der Waals surface area contributed by atoms with E-state index in [4.69, 9.17) is 0 Å². The predicted octanol–water partition coefficient (Wildman–Crippen LogP) is 5.70. The summed E-state index contributed by atoms with van der Waals surface area (Å²) in [6.45, 7) is 10.6. The Morgan fingerprint density at radius 2 is 1.90 bits per heavy atom. The van der Waals surface area contributed by atoms with Crippen molar-refractivity contribution in [3.05, 3.63) is 64.7 Å². The van der Waals surface area contributed by atoms with Gasteiger partial charge in [0.05, 0.1) is 0 Å². The number of fused-ring (bicyclic) bond motifs is 1. The first kappa shape index (κ1) is 21.0. The Morgan fingerprint density at radius 3 is 2.60 bits per heavy atom. The lowest BCUT2D eigenvalue weighted by Crippen LogP contribution is -2.34. The molecule has 0 N–H and O–H groups in total. The normalized spacial score (nSPS) is 16.4. The molecule has 2 aliphatic rings. The number of para-hydroxylation sites is 1. The molecule has 3 nitrogen and oxygen atoms in total. The molecule has 1 aliphatic carbocycles. The molecule has 160 valence electrons. The Balaban J connectivity index is 1.34. The van der Waals surface area contributed by atoms with E-state index in [1.165, 1.54) is 27.9 Å². The van der Waals surface area contributed by atoms with Gasteiger partial charge in [-0.1, -0.05) is 56.3 Å². The summed E-state index contributed by atoms with van der Waals surface area (Å²) in [4.78, 5) is 17.1. The summed E-state index contributed by atoms with van der Waals surface area (Å²) < 4.78 is 0. The average Bonchev–Trinajstić information content (AvgIpc) is 3.52. The molecule has 0 spiro atoms. The van der Waals surface area contributed by atoms with Crippen molar-refractivity contribution in [2.75, 3.05) is 24.5 Å². The van der Waals surface area contributed by atoms with Crippen molar-refractivity contribution >= 4 is 11.6 Å². The second-order valence-electron chi connectivity index (χ2n) is 9.29. The van der Waals surface area contributed by atoms with Gasteiger partial charge in [-0.2, -0.15) is 0 Å². The number of amides is 1. The van der Waals surface area contributed by atoms with Gasteiger partial charge in [0.1, 0.15) is 0 Å². The minimum Gasteiger partial charge on any atom is -0.366 e. The zero-order valence-corrected chi connectivity index (χ0v) is 18.9. The minimum atomic E-state index is 0.325. The van der Waals surface area contributed by atoms with E-state index in [9.17, 15) is 4.79 Å². The Labute approximate surface area is 182 Å². The topological polar surface area (TPSA) is 23.6 Å². The second-order valence-corrected chi connectivity index (χ2v) is 9.29. The van der Waals surface area contributed by atoms with Crippen molar-refractivity contribution in [2.45, 2.75) is 65.3 Å². The highest BCUT2D eigenvalue weighted by Gasteiger charge is 2.33. The van der Waals surface area contributed by atoms with E-state index in [1.807, 2.05) is 0 Å². The summed E-state index contributed by atoms with van der Waals surface area (Å²) in [6.07, 6.45) is 5.42. The molecule has 1 saturated carbocycles. The van der Waals surface area contributed by atoms with Crippen molar-refractivity contribution in [1.82, 2.24) is 4.90 Å². The van der Waals surface area contributed by atoms with Crippen LogP contribution in [0.2, 0.25) is 0 Å². The number of aryl methyl sites for hydroxylation is 1. The highest BCUT2D eigenvalue weighted by molar-refractivity contribution is 5.81. The lowest BCUT2D eigenvalue weighted by molar-refractivity contribution is -0.132. The molecular weight excluding hydrogens is 368 g/mol. The second kappa shape index (κ2) is 9.24. The fourth-order valence-corrected chi connectivity index (χ4v) is 4.78. The molecule has 1 fully saturated rings. The van der Waals surface area contributed by atoms with Crippen LogP contribution in [-0.4, -0.2) is 30.4 Å². The van der Waals surface area contributed by atoms with Crippen LogP contribution in [0.1, 0.15) is 67.7 Å².